The van der Waals surface area contributed by atoms with Crippen molar-refractivity contribution in [1.29, 1.82) is 0 Å². The van der Waals surface area contributed by atoms with Crippen LogP contribution >= 0.6 is 15.9 Å². The number of nitrogens with zero attached hydrogens (tertiary/aromatic N) is 3. The molecule has 0 aliphatic rings. The number of benzene rings is 1. The molecule has 1 unspecified atom stereocenters. The summed E-state index contributed by atoms with van der Waals surface area (Å²) in [5.74, 6) is 0.583. The first-order valence-corrected chi connectivity index (χ1v) is 6.81. The van der Waals surface area contributed by atoms with Gasteiger partial charge in [0.25, 0.3) is 0 Å². The van der Waals surface area contributed by atoms with Gasteiger partial charge in [-0.15, -0.1) is 0 Å². The highest BCUT2D eigenvalue weighted by Crippen LogP contribution is 2.23. The molecule has 2 N–H and O–H groups in total. The van der Waals surface area contributed by atoms with Gasteiger partial charge in [0.15, 0.2) is 5.82 Å². The molecule has 0 aliphatic carbocycles. The molecule has 7 heteroatoms. The van der Waals surface area contributed by atoms with Crippen LogP contribution in [0.2, 0.25) is 0 Å². The van der Waals surface area contributed by atoms with Crippen molar-refractivity contribution >= 4 is 21.8 Å². The minimum absolute atomic E-state index is 0.348. The first-order chi connectivity index (χ1) is 9.47. The molecule has 0 radical (unpaired) electrons. The Kier molecular flexibility index (Phi) is 4.51. The highest BCUT2D eigenvalue weighted by atomic mass is 79.9. The highest BCUT2D eigenvalue weighted by Gasteiger charge is 2.24. The van der Waals surface area contributed by atoms with Crippen molar-refractivity contribution < 1.29 is 9.32 Å². The molecule has 2 rings (SSSR count). The molecule has 0 saturated heterocycles. The zero-order chi connectivity index (χ0) is 14.7. The summed E-state index contributed by atoms with van der Waals surface area (Å²) in [7, 11) is 1.79. The van der Waals surface area contributed by atoms with Gasteiger partial charge in [0, 0.05) is 4.47 Å². The minimum Gasteiger partial charge on any atom is -0.368 e. The van der Waals surface area contributed by atoms with E-state index in [1.54, 1.807) is 18.9 Å². The molecule has 1 aromatic carbocycles. The Hall–Kier alpha value is -1.73. The van der Waals surface area contributed by atoms with Crippen molar-refractivity contribution in [1.82, 2.24) is 15.0 Å². The average molecular weight is 339 g/mol. The molecule has 0 aliphatic heterocycles. The number of primary amides is 1. The van der Waals surface area contributed by atoms with Gasteiger partial charge < -0.3 is 10.3 Å². The zero-order valence-electron chi connectivity index (χ0n) is 11.2. The van der Waals surface area contributed by atoms with E-state index < -0.39 is 11.9 Å². The number of hydrogen-bond acceptors (Lipinski definition) is 5. The molecule has 20 heavy (non-hydrogen) atoms. The number of aryl methyl sites for hydroxylation is 1. The lowest BCUT2D eigenvalue weighted by Gasteiger charge is -2.24. The summed E-state index contributed by atoms with van der Waals surface area (Å²) >= 11 is 3.39. The maximum atomic E-state index is 11.7. The Labute approximate surface area is 125 Å². The molecule has 1 heterocycles. The smallest absolute Gasteiger partial charge is 0.240 e. The number of nitrogens with two attached hydrogens (primary N) is 1. The topological polar surface area (TPSA) is 85.3 Å². The fraction of sp³-hybridized carbons (Fsp3) is 0.308. The summed E-state index contributed by atoms with van der Waals surface area (Å²) in [6, 6.07) is 6.92. The lowest BCUT2D eigenvalue weighted by molar-refractivity contribution is -0.123. The number of aromatic nitrogens is 2. The largest absolute Gasteiger partial charge is 0.368 e. The molecular weight excluding hydrogens is 324 g/mol. The van der Waals surface area contributed by atoms with E-state index in [-0.39, 0.29) is 0 Å². The summed E-state index contributed by atoms with van der Waals surface area (Å²) in [6.45, 7) is 2.09. The number of hydrogen-bond donors (Lipinski definition) is 1. The first kappa shape index (κ1) is 14.7. The second-order valence-corrected chi connectivity index (χ2v) is 5.43. The zero-order valence-corrected chi connectivity index (χ0v) is 12.8. The predicted octanol–water partition coefficient (Wildman–Crippen LogP) is 1.80. The Bertz CT molecular complexity index is 614. The summed E-state index contributed by atoms with van der Waals surface area (Å²) in [6.07, 6.45) is 0. The van der Waals surface area contributed by atoms with Crippen LogP contribution < -0.4 is 5.73 Å². The van der Waals surface area contributed by atoms with E-state index in [4.69, 9.17) is 10.3 Å². The summed E-state index contributed by atoms with van der Waals surface area (Å²) in [4.78, 5) is 17.6. The van der Waals surface area contributed by atoms with Gasteiger partial charge >= 0.3 is 0 Å². The number of carbonyl (C=O) groups excluding carboxylic acids is 1. The Morgan fingerprint density at radius 1 is 1.55 bits per heavy atom. The minimum atomic E-state index is -0.556. The van der Waals surface area contributed by atoms with E-state index in [1.165, 1.54) is 0 Å². The molecule has 1 aromatic heterocycles. The molecule has 2 aromatic rings. The third-order valence-electron chi connectivity index (χ3n) is 2.83. The predicted molar refractivity (Wildman–Crippen MR) is 76.6 cm³/mol. The highest BCUT2D eigenvalue weighted by molar-refractivity contribution is 9.10. The van der Waals surface area contributed by atoms with Crippen LogP contribution in [0.15, 0.2) is 33.3 Å². The van der Waals surface area contributed by atoms with E-state index >= 15 is 0 Å². The fourth-order valence-electron chi connectivity index (χ4n) is 2.02. The van der Waals surface area contributed by atoms with Crippen LogP contribution in [0.4, 0.5) is 0 Å². The number of carbonyl (C=O) groups is 1. The van der Waals surface area contributed by atoms with E-state index in [0.717, 1.165) is 10.0 Å². The van der Waals surface area contributed by atoms with E-state index in [9.17, 15) is 4.79 Å². The van der Waals surface area contributed by atoms with Crippen LogP contribution in [0.1, 0.15) is 23.3 Å². The Morgan fingerprint density at radius 2 is 2.30 bits per heavy atom. The van der Waals surface area contributed by atoms with Crippen LogP contribution in [-0.2, 0) is 11.3 Å². The third-order valence-corrected chi connectivity index (χ3v) is 3.32. The molecule has 106 valence electrons. The van der Waals surface area contributed by atoms with Gasteiger partial charge in [0.2, 0.25) is 11.8 Å². The maximum absolute atomic E-state index is 11.7. The molecule has 0 bridgehead atoms. The third kappa shape index (κ3) is 3.43. The van der Waals surface area contributed by atoms with Gasteiger partial charge in [-0.2, -0.15) is 4.98 Å². The van der Waals surface area contributed by atoms with Crippen LogP contribution in [-0.4, -0.2) is 28.0 Å². The molecular formula is C13H15BrN4O2. The van der Waals surface area contributed by atoms with Gasteiger partial charge in [-0.3, -0.25) is 9.69 Å². The Balaban J connectivity index is 2.22. The summed E-state index contributed by atoms with van der Waals surface area (Å²) < 4.78 is 5.95. The Morgan fingerprint density at radius 3 is 2.85 bits per heavy atom. The molecule has 6 nitrogen and oxygen atoms in total. The second kappa shape index (κ2) is 6.15. The van der Waals surface area contributed by atoms with Crippen molar-refractivity contribution in [3.63, 3.8) is 0 Å². The lowest BCUT2D eigenvalue weighted by atomic mass is 10.1. The van der Waals surface area contributed by atoms with Gasteiger partial charge in [-0.25, -0.2) is 0 Å². The van der Waals surface area contributed by atoms with Gasteiger partial charge in [0.1, 0.15) is 6.04 Å². The van der Waals surface area contributed by atoms with Crippen LogP contribution in [0.25, 0.3) is 0 Å². The number of amides is 1. The first-order valence-electron chi connectivity index (χ1n) is 6.01. The summed E-state index contributed by atoms with van der Waals surface area (Å²) in [5, 5.41) is 3.72. The monoisotopic (exact) mass is 338 g/mol. The fourth-order valence-corrected chi connectivity index (χ4v) is 2.44. The van der Waals surface area contributed by atoms with Crippen molar-refractivity contribution in [2.75, 3.05) is 7.05 Å². The van der Waals surface area contributed by atoms with Crippen molar-refractivity contribution in [3.05, 3.63) is 46.0 Å². The van der Waals surface area contributed by atoms with E-state index in [0.29, 0.717) is 18.3 Å². The van der Waals surface area contributed by atoms with Crippen LogP contribution in [0, 0.1) is 6.92 Å². The molecule has 1 amide bonds. The lowest BCUT2D eigenvalue weighted by Crippen LogP contribution is -2.35. The summed E-state index contributed by atoms with van der Waals surface area (Å²) in [5.41, 5.74) is 6.33. The normalized spacial score (nSPS) is 12.6. The average Bonchev–Trinajstić information content (AvgIpc) is 2.74. The molecule has 0 spiro atoms. The van der Waals surface area contributed by atoms with Gasteiger partial charge in [-0.05, 0) is 31.7 Å². The van der Waals surface area contributed by atoms with E-state index in [2.05, 4.69) is 26.1 Å². The van der Waals surface area contributed by atoms with Crippen molar-refractivity contribution in [2.45, 2.75) is 19.5 Å². The standard InChI is InChI=1S/C13H15BrN4O2/c1-8-16-11(20-17-8)7-18(2)12(13(15)19)9-4-3-5-10(14)6-9/h3-6,12H,7H2,1-2H3,(H2,15,19). The van der Waals surface area contributed by atoms with Crippen LogP contribution in [0.3, 0.4) is 0 Å². The molecule has 0 saturated carbocycles. The van der Waals surface area contributed by atoms with Crippen LogP contribution in [0.5, 0.6) is 0 Å². The quantitative estimate of drug-likeness (QED) is 0.898. The SMILES string of the molecule is Cc1noc(CN(C)C(C(N)=O)c2cccc(Br)c2)n1. The molecule has 0 fully saturated rings. The second-order valence-electron chi connectivity index (χ2n) is 4.51. The van der Waals surface area contributed by atoms with E-state index in [1.807, 2.05) is 24.3 Å². The van der Waals surface area contributed by atoms with Gasteiger partial charge in [-0.1, -0.05) is 33.2 Å². The molecule has 1 atom stereocenters. The van der Waals surface area contributed by atoms with Crippen molar-refractivity contribution in [3.8, 4) is 0 Å². The number of likely N-dealkylation sites (N-methyl/N-ethyl adjacent to an activating group) is 1. The van der Waals surface area contributed by atoms with Crippen molar-refractivity contribution in [2.24, 2.45) is 5.73 Å². The maximum Gasteiger partial charge on any atom is 0.240 e. The number of halogens is 1. The number of rotatable bonds is 5. The van der Waals surface area contributed by atoms with Gasteiger partial charge in [0.05, 0.1) is 6.54 Å².